The fourth-order valence-electron chi connectivity index (χ4n) is 1.80. The minimum atomic E-state index is -1.30. The maximum atomic E-state index is 14.0. The molecule has 3 heteroatoms. The molecule has 1 aromatic rings. The van der Waals surface area contributed by atoms with Gasteiger partial charge < -0.3 is 0 Å². The van der Waals surface area contributed by atoms with Gasteiger partial charge in [0.05, 0.1) is 12.0 Å². The van der Waals surface area contributed by atoms with Crippen LogP contribution in [0.5, 0.6) is 0 Å². The van der Waals surface area contributed by atoms with Gasteiger partial charge in [0, 0.05) is 17.9 Å². The van der Waals surface area contributed by atoms with Gasteiger partial charge in [-0.2, -0.15) is 5.26 Å². The van der Waals surface area contributed by atoms with Gasteiger partial charge in [0.1, 0.15) is 5.67 Å². The van der Waals surface area contributed by atoms with Gasteiger partial charge in [-0.3, -0.25) is 0 Å². The van der Waals surface area contributed by atoms with Gasteiger partial charge in [-0.1, -0.05) is 23.7 Å². The number of rotatable bonds is 1. The Morgan fingerprint density at radius 2 is 1.93 bits per heavy atom. The van der Waals surface area contributed by atoms with Crippen LogP contribution in [0.2, 0.25) is 5.02 Å². The van der Waals surface area contributed by atoms with E-state index in [2.05, 4.69) is 6.07 Å². The molecule has 0 atom stereocenters. The number of alkyl halides is 1. The first-order valence-corrected chi connectivity index (χ1v) is 4.86. The number of benzene rings is 1. The molecule has 1 fully saturated rings. The maximum absolute atomic E-state index is 14.0. The molecule has 0 spiro atoms. The SMILES string of the molecule is N#CC1CC(F)(c2ccc(Cl)cc2)C1. The minimum absolute atomic E-state index is 0.129. The summed E-state index contributed by atoms with van der Waals surface area (Å²) in [4.78, 5) is 0. The van der Waals surface area contributed by atoms with Crippen LogP contribution in [-0.2, 0) is 5.67 Å². The third-order valence-corrected chi connectivity index (χ3v) is 2.94. The second kappa shape index (κ2) is 3.25. The molecule has 0 bridgehead atoms. The lowest BCUT2D eigenvalue weighted by Gasteiger charge is -2.38. The molecule has 1 saturated carbocycles. The standard InChI is InChI=1S/C11H9ClFN/c12-10-3-1-9(2-4-10)11(13)5-8(6-11)7-14/h1-4,8H,5-6H2. The van der Waals surface area contributed by atoms with Crippen molar-refractivity contribution in [3.8, 4) is 6.07 Å². The first-order chi connectivity index (χ1) is 6.64. The molecule has 1 aromatic carbocycles. The highest BCUT2D eigenvalue weighted by Crippen LogP contribution is 2.48. The summed E-state index contributed by atoms with van der Waals surface area (Å²) in [6, 6.07) is 8.81. The predicted molar refractivity (Wildman–Crippen MR) is 52.6 cm³/mol. The Labute approximate surface area is 87.1 Å². The van der Waals surface area contributed by atoms with E-state index < -0.39 is 5.67 Å². The smallest absolute Gasteiger partial charge is 0.138 e. The van der Waals surface area contributed by atoms with E-state index >= 15 is 0 Å². The van der Waals surface area contributed by atoms with Gasteiger partial charge in [0.2, 0.25) is 0 Å². The maximum Gasteiger partial charge on any atom is 0.138 e. The summed E-state index contributed by atoms with van der Waals surface area (Å²) in [5, 5.41) is 9.18. The molecule has 1 nitrogen and oxygen atoms in total. The highest BCUT2D eigenvalue weighted by atomic mass is 35.5. The highest BCUT2D eigenvalue weighted by Gasteiger charge is 2.46. The molecule has 72 valence electrons. The molecule has 0 radical (unpaired) electrons. The Hall–Kier alpha value is -1.07. The molecule has 1 aliphatic carbocycles. The van der Waals surface area contributed by atoms with Crippen molar-refractivity contribution < 1.29 is 4.39 Å². The van der Waals surface area contributed by atoms with Crippen molar-refractivity contribution in [2.45, 2.75) is 18.5 Å². The molecule has 14 heavy (non-hydrogen) atoms. The van der Waals surface area contributed by atoms with Crippen LogP contribution in [0.3, 0.4) is 0 Å². The molecule has 0 saturated heterocycles. The Kier molecular flexibility index (Phi) is 2.20. The number of halogens is 2. The van der Waals surface area contributed by atoms with E-state index in [1.807, 2.05) is 0 Å². The summed E-state index contributed by atoms with van der Waals surface area (Å²) < 4.78 is 14.0. The average molecular weight is 210 g/mol. The Morgan fingerprint density at radius 1 is 1.36 bits per heavy atom. The van der Waals surface area contributed by atoms with Crippen LogP contribution in [0.25, 0.3) is 0 Å². The molecular weight excluding hydrogens is 201 g/mol. The molecular formula is C11H9ClFN. The van der Waals surface area contributed by atoms with Crippen molar-refractivity contribution in [3.05, 3.63) is 34.9 Å². The first-order valence-electron chi connectivity index (χ1n) is 4.49. The summed E-state index contributed by atoms with van der Waals surface area (Å²) in [5.41, 5.74) is -0.668. The normalized spacial score (nSPS) is 30.5. The molecule has 0 heterocycles. The molecule has 0 aromatic heterocycles. The third kappa shape index (κ3) is 1.49. The minimum Gasteiger partial charge on any atom is -0.239 e. The van der Waals surface area contributed by atoms with Crippen LogP contribution in [0.1, 0.15) is 18.4 Å². The van der Waals surface area contributed by atoms with E-state index in [1.165, 1.54) is 0 Å². The summed E-state index contributed by atoms with van der Waals surface area (Å²) in [5.74, 6) is -0.129. The van der Waals surface area contributed by atoms with Crippen molar-refractivity contribution in [1.29, 1.82) is 5.26 Å². The van der Waals surface area contributed by atoms with Crippen LogP contribution in [0.15, 0.2) is 24.3 Å². The number of nitriles is 1. The Balaban J connectivity index is 2.18. The molecule has 2 rings (SSSR count). The Bertz CT molecular complexity index is 373. The van der Waals surface area contributed by atoms with E-state index in [0.717, 1.165) is 0 Å². The van der Waals surface area contributed by atoms with Crippen LogP contribution in [0, 0.1) is 17.2 Å². The Morgan fingerprint density at radius 3 is 2.43 bits per heavy atom. The fraction of sp³-hybridized carbons (Fsp3) is 0.364. The lowest BCUT2D eigenvalue weighted by atomic mass is 9.69. The zero-order valence-electron chi connectivity index (χ0n) is 7.50. The van der Waals surface area contributed by atoms with Crippen LogP contribution in [0.4, 0.5) is 4.39 Å². The van der Waals surface area contributed by atoms with Gasteiger partial charge in [-0.05, 0) is 17.7 Å². The number of nitrogens with zero attached hydrogens (tertiary/aromatic N) is 1. The zero-order chi connectivity index (χ0) is 10.2. The van der Waals surface area contributed by atoms with E-state index in [9.17, 15) is 4.39 Å². The predicted octanol–water partition coefficient (Wildman–Crippen LogP) is 3.44. The monoisotopic (exact) mass is 209 g/mol. The van der Waals surface area contributed by atoms with Gasteiger partial charge in [0.25, 0.3) is 0 Å². The molecule has 0 amide bonds. The number of hydrogen-bond acceptors (Lipinski definition) is 1. The van der Waals surface area contributed by atoms with Gasteiger partial charge >= 0.3 is 0 Å². The van der Waals surface area contributed by atoms with Gasteiger partial charge in [0.15, 0.2) is 0 Å². The van der Waals surface area contributed by atoms with Crippen molar-refractivity contribution in [3.63, 3.8) is 0 Å². The second-order valence-corrected chi connectivity index (χ2v) is 4.14. The van der Waals surface area contributed by atoms with Crippen LogP contribution < -0.4 is 0 Å². The average Bonchev–Trinajstić information content (AvgIpc) is 2.14. The zero-order valence-corrected chi connectivity index (χ0v) is 8.26. The lowest BCUT2D eigenvalue weighted by Crippen LogP contribution is -2.36. The molecule has 0 aliphatic heterocycles. The highest BCUT2D eigenvalue weighted by molar-refractivity contribution is 6.30. The second-order valence-electron chi connectivity index (χ2n) is 3.71. The van der Waals surface area contributed by atoms with Gasteiger partial charge in [-0.15, -0.1) is 0 Å². The van der Waals surface area contributed by atoms with E-state index in [0.29, 0.717) is 23.4 Å². The first kappa shape index (κ1) is 9.48. The third-order valence-electron chi connectivity index (χ3n) is 2.68. The molecule has 0 N–H and O–H groups in total. The summed E-state index contributed by atoms with van der Waals surface area (Å²) >= 11 is 5.70. The molecule has 1 aliphatic rings. The van der Waals surface area contributed by atoms with Crippen molar-refractivity contribution in [2.75, 3.05) is 0 Å². The van der Waals surface area contributed by atoms with Crippen LogP contribution in [-0.4, -0.2) is 0 Å². The van der Waals surface area contributed by atoms with Crippen molar-refractivity contribution in [1.82, 2.24) is 0 Å². The fourth-order valence-corrected chi connectivity index (χ4v) is 1.92. The summed E-state index contributed by atoms with van der Waals surface area (Å²) in [7, 11) is 0. The summed E-state index contributed by atoms with van der Waals surface area (Å²) in [6.07, 6.45) is 0.621. The van der Waals surface area contributed by atoms with Crippen LogP contribution >= 0.6 is 11.6 Å². The quantitative estimate of drug-likeness (QED) is 0.695. The largest absolute Gasteiger partial charge is 0.239 e. The topological polar surface area (TPSA) is 23.8 Å². The van der Waals surface area contributed by atoms with Crippen molar-refractivity contribution >= 4 is 11.6 Å². The van der Waals surface area contributed by atoms with Crippen molar-refractivity contribution in [2.24, 2.45) is 5.92 Å². The number of hydrogen-bond donors (Lipinski definition) is 0. The van der Waals surface area contributed by atoms with E-state index in [1.54, 1.807) is 24.3 Å². The van der Waals surface area contributed by atoms with E-state index in [-0.39, 0.29) is 5.92 Å². The molecule has 0 unspecified atom stereocenters. The van der Waals surface area contributed by atoms with Gasteiger partial charge in [-0.25, -0.2) is 4.39 Å². The van der Waals surface area contributed by atoms with E-state index in [4.69, 9.17) is 16.9 Å². The lowest BCUT2D eigenvalue weighted by molar-refractivity contribution is 0.0272. The summed E-state index contributed by atoms with van der Waals surface area (Å²) in [6.45, 7) is 0.